The topological polar surface area (TPSA) is 101 Å². The second-order valence-electron chi connectivity index (χ2n) is 6.30. The van der Waals surface area contributed by atoms with Gasteiger partial charge < -0.3 is 9.72 Å². The molecule has 0 fully saturated rings. The lowest BCUT2D eigenvalue weighted by atomic mass is 10.2. The van der Waals surface area contributed by atoms with Crippen molar-refractivity contribution in [3.63, 3.8) is 0 Å². The van der Waals surface area contributed by atoms with Gasteiger partial charge in [0, 0.05) is 12.4 Å². The van der Waals surface area contributed by atoms with Crippen LogP contribution in [0, 0.1) is 0 Å². The first-order valence-electron chi connectivity index (χ1n) is 8.90. The van der Waals surface area contributed by atoms with Gasteiger partial charge in [-0.2, -0.15) is 4.98 Å². The third-order valence-electron chi connectivity index (χ3n) is 4.59. The SMILES string of the molecule is CCc1ccnc2c1[nH]c(=O)n2-c1ccc(Oc2nc3cccnc3[nH]2)cc1. The van der Waals surface area contributed by atoms with Crippen molar-refractivity contribution >= 4 is 22.3 Å². The molecular formula is C20H16N6O2. The van der Waals surface area contributed by atoms with Crippen LogP contribution in [0.5, 0.6) is 11.8 Å². The van der Waals surface area contributed by atoms with Crippen LogP contribution in [0.2, 0.25) is 0 Å². The number of rotatable bonds is 4. The van der Waals surface area contributed by atoms with Gasteiger partial charge in [0.05, 0.1) is 11.2 Å². The molecule has 4 heterocycles. The first kappa shape index (κ1) is 16.2. The maximum absolute atomic E-state index is 12.5. The molecule has 138 valence electrons. The van der Waals surface area contributed by atoms with Gasteiger partial charge in [-0.3, -0.25) is 4.98 Å². The molecule has 5 rings (SSSR count). The number of hydrogen-bond donors (Lipinski definition) is 2. The molecule has 2 N–H and O–H groups in total. The molecule has 0 aliphatic rings. The van der Waals surface area contributed by atoms with Crippen molar-refractivity contribution in [2.75, 3.05) is 0 Å². The lowest BCUT2D eigenvalue weighted by Gasteiger charge is -2.06. The first-order valence-corrected chi connectivity index (χ1v) is 8.90. The largest absolute Gasteiger partial charge is 0.426 e. The number of aryl methyl sites for hydroxylation is 1. The molecule has 0 saturated heterocycles. The fraction of sp³-hybridized carbons (Fsp3) is 0.100. The smallest absolute Gasteiger partial charge is 0.332 e. The lowest BCUT2D eigenvalue weighted by molar-refractivity contribution is 0.449. The molecule has 0 amide bonds. The van der Waals surface area contributed by atoms with Gasteiger partial charge in [0.15, 0.2) is 11.3 Å². The quantitative estimate of drug-likeness (QED) is 0.504. The summed E-state index contributed by atoms with van der Waals surface area (Å²) >= 11 is 0. The molecule has 8 heteroatoms. The predicted molar refractivity (Wildman–Crippen MR) is 105 cm³/mol. The number of imidazole rings is 2. The fourth-order valence-corrected chi connectivity index (χ4v) is 3.23. The van der Waals surface area contributed by atoms with E-state index in [1.54, 1.807) is 29.1 Å². The van der Waals surface area contributed by atoms with Crippen LogP contribution in [-0.2, 0) is 6.42 Å². The van der Waals surface area contributed by atoms with Crippen LogP contribution in [-0.4, -0.2) is 29.5 Å². The highest BCUT2D eigenvalue weighted by molar-refractivity contribution is 5.76. The molecule has 28 heavy (non-hydrogen) atoms. The van der Waals surface area contributed by atoms with Crippen LogP contribution in [0.15, 0.2) is 59.7 Å². The summed E-state index contributed by atoms with van der Waals surface area (Å²) in [5.74, 6) is 0.595. The zero-order valence-corrected chi connectivity index (χ0v) is 15.0. The number of aromatic amines is 2. The Balaban J connectivity index is 1.49. The molecule has 4 aromatic heterocycles. The van der Waals surface area contributed by atoms with Gasteiger partial charge in [0.1, 0.15) is 11.3 Å². The Kier molecular flexibility index (Phi) is 3.68. The Morgan fingerprint density at radius 3 is 2.68 bits per heavy atom. The summed E-state index contributed by atoms with van der Waals surface area (Å²) in [6.45, 7) is 2.05. The second-order valence-corrected chi connectivity index (χ2v) is 6.30. The molecule has 0 aliphatic carbocycles. The summed E-state index contributed by atoms with van der Waals surface area (Å²) in [6.07, 6.45) is 4.23. The number of fused-ring (bicyclic) bond motifs is 2. The van der Waals surface area contributed by atoms with E-state index in [4.69, 9.17) is 4.74 Å². The van der Waals surface area contributed by atoms with Crippen LogP contribution >= 0.6 is 0 Å². The maximum Gasteiger partial charge on any atom is 0.332 e. The van der Waals surface area contributed by atoms with E-state index in [1.807, 2.05) is 37.3 Å². The van der Waals surface area contributed by atoms with Gasteiger partial charge in [0.25, 0.3) is 0 Å². The van der Waals surface area contributed by atoms with E-state index in [2.05, 4.69) is 24.9 Å². The van der Waals surface area contributed by atoms with E-state index >= 15 is 0 Å². The maximum atomic E-state index is 12.5. The zero-order chi connectivity index (χ0) is 19.1. The summed E-state index contributed by atoms with van der Waals surface area (Å²) in [6, 6.07) is 13.1. The fourth-order valence-electron chi connectivity index (χ4n) is 3.23. The highest BCUT2D eigenvalue weighted by atomic mass is 16.5. The van der Waals surface area contributed by atoms with E-state index in [-0.39, 0.29) is 5.69 Å². The van der Waals surface area contributed by atoms with Gasteiger partial charge in [0.2, 0.25) is 0 Å². The van der Waals surface area contributed by atoms with E-state index < -0.39 is 0 Å². The minimum Gasteiger partial charge on any atom is -0.426 e. The van der Waals surface area contributed by atoms with E-state index in [9.17, 15) is 4.79 Å². The van der Waals surface area contributed by atoms with Crippen molar-refractivity contribution in [3.05, 3.63) is 70.9 Å². The van der Waals surface area contributed by atoms with Crippen molar-refractivity contribution in [1.29, 1.82) is 0 Å². The van der Waals surface area contributed by atoms with Crippen molar-refractivity contribution in [3.8, 4) is 17.4 Å². The predicted octanol–water partition coefficient (Wildman–Crippen LogP) is 3.34. The van der Waals surface area contributed by atoms with Crippen LogP contribution in [0.3, 0.4) is 0 Å². The summed E-state index contributed by atoms with van der Waals surface area (Å²) in [5.41, 5.74) is 4.32. The van der Waals surface area contributed by atoms with E-state index in [1.165, 1.54) is 0 Å². The molecule has 1 aromatic carbocycles. The average Bonchev–Trinajstić information content (AvgIpc) is 3.28. The minimum atomic E-state index is -0.222. The molecule has 0 bridgehead atoms. The number of pyridine rings is 2. The van der Waals surface area contributed by atoms with Crippen molar-refractivity contribution in [2.24, 2.45) is 0 Å². The molecule has 8 nitrogen and oxygen atoms in total. The summed E-state index contributed by atoms with van der Waals surface area (Å²) < 4.78 is 7.33. The molecule has 0 radical (unpaired) electrons. The third-order valence-corrected chi connectivity index (χ3v) is 4.59. The number of ether oxygens (including phenoxy) is 1. The number of nitrogens with zero attached hydrogens (tertiary/aromatic N) is 4. The van der Waals surface area contributed by atoms with E-state index in [0.717, 1.165) is 23.0 Å². The molecule has 0 spiro atoms. The number of hydrogen-bond acceptors (Lipinski definition) is 5. The monoisotopic (exact) mass is 372 g/mol. The molecule has 0 saturated carbocycles. The van der Waals surface area contributed by atoms with Crippen LogP contribution in [0.25, 0.3) is 28.0 Å². The number of H-pyrrole nitrogens is 2. The van der Waals surface area contributed by atoms with Crippen molar-refractivity contribution in [2.45, 2.75) is 13.3 Å². The standard InChI is InChI=1S/C20H16N6O2/c1-2-12-9-11-22-18-16(12)24-20(27)26(18)13-5-7-14(8-6-13)28-19-23-15-4-3-10-21-17(15)25-19/h3-11H,2H2,1H3,(H,24,27)(H,21,23,25). The van der Waals surface area contributed by atoms with Gasteiger partial charge in [-0.25, -0.2) is 19.3 Å². The van der Waals surface area contributed by atoms with Crippen LogP contribution in [0.4, 0.5) is 0 Å². The number of benzene rings is 1. The van der Waals surface area contributed by atoms with Gasteiger partial charge in [-0.15, -0.1) is 0 Å². The average molecular weight is 372 g/mol. The van der Waals surface area contributed by atoms with Gasteiger partial charge >= 0.3 is 11.7 Å². The molecule has 0 aliphatic heterocycles. The van der Waals surface area contributed by atoms with Gasteiger partial charge in [-0.05, 0) is 54.4 Å². The van der Waals surface area contributed by atoms with Crippen LogP contribution < -0.4 is 10.4 Å². The summed E-state index contributed by atoms with van der Waals surface area (Å²) in [4.78, 5) is 31.3. The Morgan fingerprint density at radius 2 is 1.89 bits per heavy atom. The molecule has 5 aromatic rings. The Labute approximate surface area is 158 Å². The Morgan fingerprint density at radius 1 is 1.04 bits per heavy atom. The summed E-state index contributed by atoms with van der Waals surface area (Å²) in [7, 11) is 0. The lowest BCUT2D eigenvalue weighted by Crippen LogP contribution is -2.14. The van der Waals surface area contributed by atoms with Crippen molar-refractivity contribution < 1.29 is 4.74 Å². The molecular weight excluding hydrogens is 356 g/mol. The second kappa shape index (κ2) is 6.34. The van der Waals surface area contributed by atoms with E-state index in [0.29, 0.717) is 28.7 Å². The minimum absolute atomic E-state index is 0.222. The van der Waals surface area contributed by atoms with Crippen molar-refractivity contribution in [1.82, 2.24) is 29.5 Å². The number of nitrogens with one attached hydrogen (secondary N) is 2. The molecule has 0 unspecified atom stereocenters. The zero-order valence-electron chi connectivity index (χ0n) is 15.0. The number of aromatic nitrogens is 6. The first-order chi connectivity index (χ1) is 13.7. The third kappa shape index (κ3) is 2.62. The Bertz CT molecular complexity index is 1310. The molecule has 0 atom stereocenters. The Hall–Kier alpha value is -3.94. The van der Waals surface area contributed by atoms with Crippen LogP contribution in [0.1, 0.15) is 12.5 Å². The highest BCUT2D eigenvalue weighted by Crippen LogP contribution is 2.23. The van der Waals surface area contributed by atoms with Gasteiger partial charge in [-0.1, -0.05) is 6.92 Å². The summed E-state index contributed by atoms with van der Waals surface area (Å²) in [5, 5.41) is 0. The normalized spacial score (nSPS) is 11.3. The highest BCUT2D eigenvalue weighted by Gasteiger charge is 2.13.